The average molecular weight is 268 g/mol. The van der Waals surface area contributed by atoms with Crippen molar-refractivity contribution in [1.29, 1.82) is 0 Å². The first-order chi connectivity index (χ1) is 9.16. The van der Waals surface area contributed by atoms with Crippen molar-refractivity contribution in [3.63, 3.8) is 0 Å². The number of aromatic nitrogens is 1. The second-order valence-electron chi connectivity index (χ2n) is 5.40. The van der Waals surface area contributed by atoms with Crippen molar-refractivity contribution in [2.24, 2.45) is 5.92 Å². The lowest BCUT2D eigenvalue weighted by Crippen LogP contribution is -2.14. The molecule has 1 atom stereocenters. The maximum atomic E-state index is 12.3. The number of hydrogen-bond donors (Lipinski definition) is 1. The molecule has 0 fully saturated rings. The molecule has 0 spiro atoms. The van der Waals surface area contributed by atoms with Gasteiger partial charge in [-0.15, -0.1) is 0 Å². The Labute approximate surface area is 113 Å². The van der Waals surface area contributed by atoms with Gasteiger partial charge in [0.25, 0.3) is 0 Å². The molecule has 1 aromatic heterocycles. The van der Waals surface area contributed by atoms with Gasteiger partial charge in [-0.2, -0.15) is 0 Å². The number of aryl methyl sites for hydroxylation is 2. The largest absolute Gasteiger partial charge is 0.370 e. The van der Waals surface area contributed by atoms with Crippen molar-refractivity contribution in [2.75, 3.05) is 11.9 Å². The van der Waals surface area contributed by atoms with E-state index in [-0.39, 0.29) is 0 Å². The summed E-state index contributed by atoms with van der Waals surface area (Å²) in [6, 6.07) is 4.22. The molecule has 19 heavy (non-hydrogen) atoms. The minimum atomic E-state index is -2.19. The third-order valence-corrected chi connectivity index (χ3v) is 3.72. The van der Waals surface area contributed by atoms with Crippen LogP contribution >= 0.6 is 0 Å². The zero-order valence-corrected chi connectivity index (χ0v) is 11.5. The Morgan fingerprint density at radius 1 is 1.32 bits per heavy atom. The van der Waals surface area contributed by atoms with Crippen LogP contribution in [-0.2, 0) is 12.8 Å². The highest BCUT2D eigenvalue weighted by molar-refractivity contribution is 5.46. The molecule has 1 aliphatic rings. The average Bonchev–Trinajstić information content (AvgIpc) is 2.43. The van der Waals surface area contributed by atoms with Crippen LogP contribution in [0.2, 0.25) is 0 Å². The first kappa shape index (κ1) is 14.2. The minimum absolute atomic E-state index is 0.488. The fourth-order valence-corrected chi connectivity index (χ4v) is 2.41. The van der Waals surface area contributed by atoms with E-state index < -0.39 is 12.3 Å². The monoisotopic (exact) mass is 268 g/mol. The van der Waals surface area contributed by atoms with Gasteiger partial charge in [0.2, 0.25) is 6.43 Å². The molecule has 0 radical (unpaired) electrons. The normalized spacial score (nSPS) is 16.0. The molecule has 2 nitrogen and oxygen atoms in total. The van der Waals surface area contributed by atoms with Crippen molar-refractivity contribution < 1.29 is 8.78 Å². The van der Waals surface area contributed by atoms with Crippen LogP contribution in [0.15, 0.2) is 12.1 Å². The number of alkyl halides is 2. The van der Waals surface area contributed by atoms with Gasteiger partial charge in [0.15, 0.2) is 0 Å². The lowest BCUT2D eigenvalue weighted by molar-refractivity contribution is 0.0806. The lowest BCUT2D eigenvalue weighted by Gasteiger charge is -2.17. The van der Waals surface area contributed by atoms with Crippen molar-refractivity contribution in [3.05, 3.63) is 23.4 Å². The van der Waals surface area contributed by atoms with Crippen LogP contribution in [0.4, 0.5) is 14.6 Å². The number of nitrogens with zero attached hydrogens (tertiary/aromatic N) is 1. The number of fused-ring (bicyclic) bond motifs is 1. The Morgan fingerprint density at radius 2 is 2.16 bits per heavy atom. The second-order valence-corrected chi connectivity index (χ2v) is 5.40. The quantitative estimate of drug-likeness (QED) is 0.787. The predicted octanol–water partition coefficient (Wildman–Crippen LogP) is 4.05. The van der Waals surface area contributed by atoms with E-state index in [0.29, 0.717) is 6.42 Å². The summed E-state index contributed by atoms with van der Waals surface area (Å²) in [5.41, 5.74) is 2.36. The molecule has 0 saturated carbocycles. The van der Waals surface area contributed by atoms with Crippen LogP contribution in [0.25, 0.3) is 0 Å². The zero-order chi connectivity index (χ0) is 13.7. The molecule has 0 saturated heterocycles. The van der Waals surface area contributed by atoms with E-state index in [9.17, 15) is 8.78 Å². The van der Waals surface area contributed by atoms with E-state index >= 15 is 0 Å². The van der Waals surface area contributed by atoms with E-state index in [1.165, 1.54) is 12.0 Å². The molecular formula is C15H22F2N2. The number of halogens is 2. The van der Waals surface area contributed by atoms with Gasteiger partial charge in [0, 0.05) is 18.2 Å². The SMILES string of the molecule is C[C@H](CCCCc1ccc2c(n1)NCCC2)C(F)F. The van der Waals surface area contributed by atoms with Crippen molar-refractivity contribution in [3.8, 4) is 0 Å². The third kappa shape index (κ3) is 4.15. The molecule has 2 rings (SSSR count). The summed E-state index contributed by atoms with van der Waals surface area (Å²) in [5, 5.41) is 3.32. The van der Waals surface area contributed by atoms with Crippen LogP contribution < -0.4 is 5.32 Å². The molecule has 4 heteroatoms. The molecule has 2 heterocycles. The van der Waals surface area contributed by atoms with Gasteiger partial charge in [-0.25, -0.2) is 13.8 Å². The molecule has 0 aromatic carbocycles. The molecule has 1 N–H and O–H groups in total. The summed E-state index contributed by atoms with van der Waals surface area (Å²) in [6.45, 7) is 2.61. The number of unbranched alkanes of at least 4 members (excludes halogenated alkanes) is 1. The first-order valence-electron chi connectivity index (χ1n) is 7.17. The first-order valence-corrected chi connectivity index (χ1v) is 7.17. The minimum Gasteiger partial charge on any atom is -0.370 e. The highest BCUT2D eigenvalue weighted by Crippen LogP contribution is 2.21. The number of rotatable bonds is 6. The Bertz CT molecular complexity index is 407. The fraction of sp³-hybridized carbons (Fsp3) is 0.667. The topological polar surface area (TPSA) is 24.9 Å². The van der Waals surface area contributed by atoms with Gasteiger partial charge >= 0.3 is 0 Å². The molecule has 0 aliphatic carbocycles. The van der Waals surface area contributed by atoms with Crippen LogP contribution in [0, 0.1) is 5.92 Å². The van der Waals surface area contributed by atoms with E-state index in [1.807, 2.05) is 0 Å². The maximum absolute atomic E-state index is 12.3. The maximum Gasteiger partial charge on any atom is 0.241 e. The van der Waals surface area contributed by atoms with Gasteiger partial charge in [-0.1, -0.05) is 19.4 Å². The van der Waals surface area contributed by atoms with Gasteiger partial charge in [0.1, 0.15) is 5.82 Å². The van der Waals surface area contributed by atoms with Crippen molar-refractivity contribution in [2.45, 2.75) is 51.9 Å². The molecule has 0 unspecified atom stereocenters. The predicted molar refractivity (Wildman–Crippen MR) is 73.8 cm³/mol. The molecule has 106 valence electrons. The number of pyridine rings is 1. The van der Waals surface area contributed by atoms with E-state index in [1.54, 1.807) is 6.92 Å². The summed E-state index contributed by atoms with van der Waals surface area (Å²) >= 11 is 0. The van der Waals surface area contributed by atoms with E-state index in [4.69, 9.17) is 0 Å². The Morgan fingerprint density at radius 3 is 2.95 bits per heavy atom. The smallest absolute Gasteiger partial charge is 0.241 e. The van der Waals surface area contributed by atoms with Gasteiger partial charge in [-0.05, 0) is 43.7 Å². The number of hydrogen-bond acceptors (Lipinski definition) is 2. The molecule has 1 aromatic rings. The molecule has 0 bridgehead atoms. The van der Waals surface area contributed by atoms with Crippen molar-refractivity contribution in [1.82, 2.24) is 4.98 Å². The summed E-state index contributed by atoms with van der Waals surface area (Å²) in [7, 11) is 0. The standard InChI is InChI=1S/C15H22F2N2/c1-11(14(16)17)5-2-3-7-13-9-8-12-6-4-10-18-15(12)19-13/h8-9,11,14H,2-7,10H2,1H3,(H,18,19)/t11-/m1/s1. The Hall–Kier alpha value is -1.19. The van der Waals surface area contributed by atoms with Gasteiger partial charge < -0.3 is 5.32 Å². The molecule has 0 amide bonds. The highest BCUT2D eigenvalue weighted by atomic mass is 19.3. The highest BCUT2D eigenvalue weighted by Gasteiger charge is 2.14. The molecule has 1 aliphatic heterocycles. The molecular weight excluding hydrogens is 246 g/mol. The number of anilines is 1. The Balaban J connectivity index is 1.77. The Kier molecular flexibility index (Phi) is 5.11. The van der Waals surface area contributed by atoms with E-state index in [2.05, 4.69) is 22.4 Å². The van der Waals surface area contributed by atoms with Crippen LogP contribution in [-0.4, -0.2) is 18.0 Å². The fourth-order valence-electron chi connectivity index (χ4n) is 2.41. The second kappa shape index (κ2) is 6.83. The lowest BCUT2D eigenvalue weighted by atomic mass is 10.0. The van der Waals surface area contributed by atoms with Crippen LogP contribution in [0.1, 0.15) is 43.9 Å². The summed E-state index contributed by atoms with van der Waals surface area (Å²) in [5.74, 6) is 0.530. The number of nitrogens with one attached hydrogen (secondary N) is 1. The summed E-state index contributed by atoms with van der Waals surface area (Å²) in [4.78, 5) is 4.61. The van der Waals surface area contributed by atoms with E-state index in [0.717, 1.165) is 43.7 Å². The van der Waals surface area contributed by atoms with Crippen LogP contribution in [0.3, 0.4) is 0 Å². The third-order valence-electron chi connectivity index (χ3n) is 3.72. The summed E-state index contributed by atoms with van der Waals surface area (Å²) in [6.07, 6.45) is 3.33. The van der Waals surface area contributed by atoms with Gasteiger partial charge in [-0.3, -0.25) is 0 Å². The summed E-state index contributed by atoms with van der Waals surface area (Å²) < 4.78 is 24.7. The van der Waals surface area contributed by atoms with Gasteiger partial charge in [0.05, 0.1) is 0 Å². The van der Waals surface area contributed by atoms with Crippen LogP contribution in [0.5, 0.6) is 0 Å². The zero-order valence-electron chi connectivity index (χ0n) is 11.5. The van der Waals surface area contributed by atoms with Crippen molar-refractivity contribution >= 4 is 5.82 Å².